The van der Waals surface area contributed by atoms with Crippen LogP contribution in [0.2, 0.25) is 10.0 Å². The third-order valence-electron chi connectivity index (χ3n) is 6.10. The molecule has 1 heterocycles. The molecule has 1 unspecified atom stereocenters. The molecule has 28 heavy (non-hydrogen) atoms. The van der Waals surface area contributed by atoms with Crippen molar-refractivity contribution in [1.29, 1.82) is 0 Å². The van der Waals surface area contributed by atoms with Crippen molar-refractivity contribution in [3.8, 4) is 0 Å². The fourth-order valence-corrected chi connectivity index (χ4v) is 4.72. The van der Waals surface area contributed by atoms with Crippen molar-refractivity contribution < 1.29 is 9.18 Å². The van der Waals surface area contributed by atoms with Gasteiger partial charge in [0, 0.05) is 28.2 Å². The van der Waals surface area contributed by atoms with E-state index in [-0.39, 0.29) is 23.2 Å². The van der Waals surface area contributed by atoms with Gasteiger partial charge in [0.2, 0.25) is 0 Å². The number of amides is 1. The van der Waals surface area contributed by atoms with Crippen LogP contribution in [0.4, 0.5) is 4.39 Å². The molecule has 2 aliphatic rings. The highest BCUT2D eigenvalue weighted by molar-refractivity contribution is 6.35. The molecule has 1 saturated heterocycles. The highest BCUT2D eigenvalue weighted by atomic mass is 35.5. The normalized spacial score (nSPS) is 20.9. The quantitative estimate of drug-likeness (QED) is 0.740. The molecule has 1 N–H and O–H groups in total. The van der Waals surface area contributed by atoms with E-state index >= 15 is 0 Å². The molecule has 1 atom stereocenters. The van der Waals surface area contributed by atoms with Gasteiger partial charge < -0.3 is 10.2 Å². The van der Waals surface area contributed by atoms with Crippen molar-refractivity contribution in [2.75, 3.05) is 19.6 Å². The van der Waals surface area contributed by atoms with Crippen molar-refractivity contribution in [1.82, 2.24) is 10.2 Å². The number of carbonyl (C=O) groups is 1. The Morgan fingerprint density at radius 2 is 1.75 bits per heavy atom. The SMILES string of the molecule is O=C(NC1CC12CCN(CCc1ccc(F)cc1)CC2)c1cc(Cl)cc(Cl)c1. The van der Waals surface area contributed by atoms with Crippen molar-refractivity contribution >= 4 is 29.1 Å². The number of hydrogen-bond donors (Lipinski definition) is 1. The zero-order valence-electron chi connectivity index (χ0n) is 15.6. The van der Waals surface area contributed by atoms with Gasteiger partial charge >= 0.3 is 0 Å². The van der Waals surface area contributed by atoms with Crippen LogP contribution in [0.5, 0.6) is 0 Å². The summed E-state index contributed by atoms with van der Waals surface area (Å²) in [7, 11) is 0. The second-order valence-electron chi connectivity index (χ2n) is 7.97. The lowest BCUT2D eigenvalue weighted by Crippen LogP contribution is -2.39. The highest BCUT2D eigenvalue weighted by Crippen LogP contribution is 2.54. The number of rotatable bonds is 5. The zero-order valence-corrected chi connectivity index (χ0v) is 17.1. The molecular formula is C22H23Cl2FN2O. The summed E-state index contributed by atoms with van der Waals surface area (Å²) in [5.41, 5.74) is 1.92. The van der Waals surface area contributed by atoms with Crippen LogP contribution < -0.4 is 5.32 Å². The van der Waals surface area contributed by atoms with Crippen LogP contribution in [0.1, 0.15) is 35.2 Å². The molecule has 148 valence electrons. The largest absolute Gasteiger partial charge is 0.349 e. The van der Waals surface area contributed by atoms with E-state index in [9.17, 15) is 9.18 Å². The van der Waals surface area contributed by atoms with Crippen LogP contribution in [-0.2, 0) is 6.42 Å². The topological polar surface area (TPSA) is 32.3 Å². The van der Waals surface area contributed by atoms with Crippen molar-refractivity contribution in [3.05, 3.63) is 69.5 Å². The number of hydrogen-bond acceptors (Lipinski definition) is 2. The van der Waals surface area contributed by atoms with Crippen LogP contribution >= 0.6 is 23.2 Å². The van der Waals surface area contributed by atoms with Gasteiger partial charge in [-0.2, -0.15) is 0 Å². The Labute approximate surface area is 174 Å². The van der Waals surface area contributed by atoms with Gasteiger partial charge in [0.25, 0.3) is 5.91 Å². The number of benzene rings is 2. The lowest BCUT2D eigenvalue weighted by atomic mass is 9.92. The lowest BCUT2D eigenvalue weighted by molar-refractivity contribution is 0.0935. The van der Waals surface area contributed by atoms with E-state index in [0.717, 1.165) is 45.3 Å². The molecular weight excluding hydrogens is 398 g/mol. The summed E-state index contributed by atoms with van der Waals surface area (Å²) >= 11 is 12.0. The van der Waals surface area contributed by atoms with E-state index in [2.05, 4.69) is 10.2 Å². The smallest absolute Gasteiger partial charge is 0.251 e. The second-order valence-corrected chi connectivity index (χ2v) is 8.84. The van der Waals surface area contributed by atoms with Gasteiger partial charge in [-0.25, -0.2) is 4.39 Å². The summed E-state index contributed by atoms with van der Waals surface area (Å²) in [5.74, 6) is -0.296. The summed E-state index contributed by atoms with van der Waals surface area (Å²) in [6, 6.07) is 11.9. The fraction of sp³-hybridized carbons (Fsp3) is 0.409. The van der Waals surface area contributed by atoms with Gasteiger partial charge in [-0.15, -0.1) is 0 Å². The molecule has 1 amide bonds. The maximum absolute atomic E-state index is 13.0. The fourth-order valence-electron chi connectivity index (χ4n) is 4.19. The molecule has 1 aliphatic carbocycles. The van der Waals surface area contributed by atoms with E-state index in [1.807, 2.05) is 12.1 Å². The first kappa shape index (κ1) is 19.7. The standard InChI is InChI=1S/C22H23Cl2FN2O/c23-17-11-16(12-18(24)13-17)21(28)26-20-14-22(20)6-9-27(10-7-22)8-5-15-1-3-19(25)4-2-15/h1-4,11-13,20H,5-10,14H2,(H,26,28). The third kappa shape index (κ3) is 4.51. The maximum atomic E-state index is 13.0. The minimum absolute atomic E-state index is 0.106. The zero-order chi connectivity index (χ0) is 19.7. The Bertz CT molecular complexity index is 843. The number of nitrogens with one attached hydrogen (secondary N) is 1. The number of nitrogens with zero attached hydrogens (tertiary/aromatic N) is 1. The Hall–Kier alpha value is -1.62. The van der Waals surface area contributed by atoms with Gasteiger partial charge in [-0.1, -0.05) is 35.3 Å². The van der Waals surface area contributed by atoms with Crippen LogP contribution in [0.15, 0.2) is 42.5 Å². The molecule has 1 spiro atoms. The van der Waals surface area contributed by atoms with Gasteiger partial charge in [-0.05, 0) is 80.1 Å². The molecule has 0 bridgehead atoms. The monoisotopic (exact) mass is 420 g/mol. The van der Waals surface area contributed by atoms with Crippen LogP contribution in [-0.4, -0.2) is 36.5 Å². The molecule has 0 radical (unpaired) electrons. The summed E-state index contributed by atoms with van der Waals surface area (Å²) in [4.78, 5) is 15.0. The van der Waals surface area contributed by atoms with E-state index in [1.165, 1.54) is 17.7 Å². The van der Waals surface area contributed by atoms with Crippen molar-refractivity contribution in [3.63, 3.8) is 0 Å². The molecule has 1 saturated carbocycles. The first-order valence-electron chi connectivity index (χ1n) is 9.67. The minimum atomic E-state index is -0.189. The maximum Gasteiger partial charge on any atom is 0.251 e. The van der Waals surface area contributed by atoms with Crippen molar-refractivity contribution in [2.24, 2.45) is 5.41 Å². The van der Waals surface area contributed by atoms with Gasteiger partial charge in [0.1, 0.15) is 5.82 Å². The number of halogens is 3. The lowest BCUT2D eigenvalue weighted by Gasteiger charge is -2.33. The third-order valence-corrected chi connectivity index (χ3v) is 6.54. The second kappa shape index (κ2) is 8.02. The van der Waals surface area contributed by atoms with Crippen molar-refractivity contribution in [2.45, 2.75) is 31.7 Å². The predicted octanol–water partition coefficient (Wildman–Crippen LogP) is 4.96. The number of likely N-dealkylation sites (tertiary alicyclic amines) is 1. The Morgan fingerprint density at radius 3 is 2.39 bits per heavy atom. The molecule has 6 heteroatoms. The molecule has 2 fully saturated rings. The number of piperidine rings is 1. The van der Waals surface area contributed by atoms with Crippen LogP contribution in [0, 0.1) is 11.2 Å². The van der Waals surface area contributed by atoms with E-state index in [1.54, 1.807) is 18.2 Å². The first-order chi connectivity index (χ1) is 13.4. The molecule has 3 nitrogen and oxygen atoms in total. The molecule has 2 aromatic rings. The summed E-state index contributed by atoms with van der Waals surface area (Å²) in [5, 5.41) is 4.09. The molecule has 2 aromatic carbocycles. The Kier molecular flexibility index (Phi) is 5.64. The average molecular weight is 421 g/mol. The van der Waals surface area contributed by atoms with Gasteiger partial charge in [0.15, 0.2) is 0 Å². The van der Waals surface area contributed by atoms with E-state index in [0.29, 0.717) is 15.6 Å². The van der Waals surface area contributed by atoms with E-state index in [4.69, 9.17) is 23.2 Å². The minimum Gasteiger partial charge on any atom is -0.349 e. The summed E-state index contributed by atoms with van der Waals surface area (Å²) < 4.78 is 13.0. The first-order valence-corrected chi connectivity index (χ1v) is 10.4. The Balaban J connectivity index is 1.25. The van der Waals surface area contributed by atoms with Crippen LogP contribution in [0.25, 0.3) is 0 Å². The van der Waals surface area contributed by atoms with Gasteiger partial charge in [0.05, 0.1) is 0 Å². The molecule has 0 aromatic heterocycles. The summed E-state index contributed by atoms with van der Waals surface area (Å²) in [6.45, 7) is 3.06. The van der Waals surface area contributed by atoms with E-state index < -0.39 is 0 Å². The Morgan fingerprint density at radius 1 is 1.11 bits per heavy atom. The molecule has 1 aliphatic heterocycles. The van der Waals surface area contributed by atoms with Gasteiger partial charge in [-0.3, -0.25) is 4.79 Å². The van der Waals surface area contributed by atoms with Crippen LogP contribution in [0.3, 0.4) is 0 Å². The molecule has 4 rings (SSSR count). The number of carbonyl (C=O) groups excluding carboxylic acids is 1. The summed E-state index contributed by atoms with van der Waals surface area (Å²) in [6.07, 6.45) is 4.16. The highest BCUT2D eigenvalue weighted by Gasteiger charge is 2.55. The predicted molar refractivity (Wildman–Crippen MR) is 111 cm³/mol. The average Bonchev–Trinajstić information content (AvgIpc) is 3.33.